The first-order valence-corrected chi connectivity index (χ1v) is 5.62. The van der Waals surface area contributed by atoms with Gasteiger partial charge in [-0.3, -0.25) is 4.57 Å². The average molecular weight is 253 g/mol. The van der Waals surface area contributed by atoms with E-state index >= 15 is 0 Å². The van der Waals surface area contributed by atoms with Crippen LogP contribution in [0.15, 0.2) is 24.3 Å². The monoisotopic (exact) mass is 253 g/mol. The van der Waals surface area contributed by atoms with Crippen LogP contribution in [0.5, 0.6) is 0 Å². The second-order valence-corrected chi connectivity index (χ2v) is 4.67. The molecule has 0 fully saturated rings. The average Bonchev–Trinajstić information content (AvgIpc) is 2.05. The number of hydrogen-bond acceptors (Lipinski definition) is 4. The summed E-state index contributed by atoms with van der Waals surface area (Å²) in [6, 6.07) is 5.21. The summed E-state index contributed by atoms with van der Waals surface area (Å²) in [6.07, 6.45) is 0. The maximum Gasteiger partial charge on any atom is 1.00 e. The van der Waals surface area contributed by atoms with Crippen molar-refractivity contribution in [3.05, 3.63) is 29.8 Å². The van der Waals surface area contributed by atoms with E-state index in [0.29, 0.717) is 5.69 Å². The number of rotatable bonds is 3. The molecule has 0 aliphatic rings. The maximum atomic E-state index is 10.9. The quantitative estimate of drug-likeness (QED) is 0.289. The molecular formula is C8H9NNaO5P. The SMILES string of the molecule is Nc1ccc(C(C(=O)[O-])P(=O)(O)O)cc1.[Na+]. The molecule has 1 aromatic carbocycles. The van der Waals surface area contributed by atoms with Gasteiger partial charge in [0, 0.05) is 5.69 Å². The van der Waals surface area contributed by atoms with Gasteiger partial charge >= 0.3 is 37.2 Å². The fourth-order valence-corrected chi connectivity index (χ4v) is 1.98. The molecule has 0 bridgehead atoms. The maximum absolute atomic E-state index is 10.9. The van der Waals surface area contributed by atoms with Crippen LogP contribution in [0.3, 0.4) is 0 Å². The first-order chi connectivity index (χ1) is 6.82. The Kier molecular flexibility index (Phi) is 5.69. The van der Waals surface area contributed by atoms with Gasteiger partial charge in [0.25, 0.3) is 0 Å². The summed E-state index contributed by atoms with van der Waals surface area (Å²) in [6.45, 7) is 0. The van der Waals surface area contributed by atoms with Gasteiger partial charge in [-0.1, -0.05) is 12.1 Å². The zero-order chi connectivity index (χ0) is 11.6. The summed E-state index contributed by atoms with van der Waals surface area (Å²) in [5, 5.41) is 10.6. The van der Waals surface area contributed by atoms with Crippen LogP contribution in [0.2, 0.25) is 0 Å². The second kappa shape index (κ2) is 5.82. The molecule has 1 unspecified atom stereocenters. The van der Waals surface area contributed by atoms with E-state index in [1.165, 1.54) is 24.3 Å². The van der Waals surface area contributed by atoms with E-state index in [4.69, 9.17) is 15.5 Å². The number of carboxylic acid groups (broad SMARTS) is 1. The van der Waals surface area contributed by atoms with E-state index in [2.05, 4.69) is 0 Å². The Morgan fingerprint density at radius 1 is 1.31 bits per heavy atom. The number of nitrogens with two attached hydrogens (primary N) is 1. The normalized spacial score (nSPS) is 12.6. The molecule has 0 saturated heterocycles. The Morgan fingerprint density at radius 3 is 2.06 bits per heavy atom. The summed E-state index contributed by atoms with van der Waals surface area (Å²) in [5.41, 5.74) is 3.76. The summed E-state index contributed by atoms with van der Waals surface area (Å²) < 4.78 is 10.9. The molecule has 1 rings (SSSR count). The number of anilines is 1. The molecule has 0 aliphatic carbocycles. The van der Waals surface area contributed by atoms with Gasteiger partial charge in [-0.2, -0.15) is 0 Å². The van der Waals surface area contributed by atoms with Crippen molar-refractivity contribution >= 4 is 19.3 Å². The zero-order valence-corrected chi connectivity index (χ0v) is 11.4. The van der Waals surface area contributed by atoms with Gasteiger partial charge in [-0.15, -0.1) is 0 Å². The third kappa shape index (κ3) is 3.90. The summed E-state index contributed by atoms with van der Waals surface area (Å²) in [7, 11) is -4.77. The van der Waals surface area contributed by atoms with Gasteiger partial charge in [0.05, 0.1) is 5.97 Å². The van der Waals surface area contributed by atoms with Crippen LogP contribution in [0, 0.1) is 0 Å². The number of hydrogen-bond donors (Lipinski definition) is 3. The van der Waals surface area contributed by atoms with Gasteiger partial charge in [-0.25, -0.2) is 0 Å². The molecule has 0 heterocycles. The molecule has 8 heteroatoms. The standard InChI is InChI=1S/C8H10NO5P.Na/c9-6-3-1-5(2-4-6)7(8(10)11)15(12,13)14;/h1-4,7H,9H2,(H,10,11)(H2,12,13,14);/q;+1/p-1. The molecular weight excluding hydrogens is 244 g/mol. The number of carboxylic acids is 1. The van der Waals surface area contributed by atoms with Crippen molar-refractivity contribution in [3.63, 3.8) is 0 Å². The fraction of sp³-hybridized carbons (Fsp3) is 0.125. The van der Waals surface area contributed by atoms with E-state index in [0.717, 1.165) is 0 Å². The van der Waals surface area contributed by atoms with E-state index in [-0.39, 0.29) is 35.1 Å². The minimum absolute atomic E-state index is 0. The van der Waals surface area contributed by atoms with Crippen LogP contribution < -0.4 is 40.4 Å². The van der Waals surface area contributed by atoms with Crippen molar-refractivity contribution in [2.75, 3.05) is 5.73 Å². The molecule has 82 valence electrons. The summed E-state index contributed by atoms with van der Waals surface area (Å²) in [5.74, 6) is -1.81. The first-order valence-electron chi connectivity index (χ1n) is 3.94. The van der Waals surface area contributed by atoms with Crippen molar-refractivity contribution in [1.82, 2.24) is 0 Å². The molecule has 6 nitrogen and oxygen atoms in total. The molecule has 0 saturated carbocycles. The Hall–Kier alpha value is -0.360. The minimum atomic E-state index is -4.77. The molecule has 0 spiro atoms. The molecule has 1 atom stereocenters. The minimum Gasteiger partial charge on any atom is -0.549 e. The Morgan fingerprint density at radius 2 is 1.75 bits per heavy atom. The van der Waals surface area contributed by atoms with Crippen molar-refractivity contribution in [1.29, 1.82) is 0 Å². The number of carbonyl (C=O) groups excluding carboxylic acids is 1. The van der Waals surface area contributed by atoms with Crippen LogP contribution in [0.25, 0.3) is 0 Å². The summed E-state index contributed by atoms with van der Waals surface area (Å²) in [4.78, 5) is 28.3. The van der Waals surface area contributed by atoms with Gasteiger partial charge in [0.1, 0.15) is 5.66 Å². The van der Waals surface area contributed by atoms with Crippen LogP contribution in [-0.4, -0.2) is 15.8 Å². The van der Waals surface area contributed by atoms with Crippen LogP contribution in [-0.2, 0) is 9.36 Å². The molecule has 0 amide bonds. The molecule has 0 aromatic heterocycles. The van der Waals surface area contributed by atoms with Crippen molar-refractivity contribution in [3.8, 4) is 0 Å². The van der Waals surface area contributed by atoms with Gasteiger partial charge in [0.2, 0.25) is 0 Å². The second-order valence-electron chi connectivity index (χ2n) is 2.98. The molecule has 16 heavy (non-hydrogen) atoms. The van der Waals surface area contributed by atoms with E-state index in [1.807, 2.05) is 0 Å². The van der Waals surface area contributed by atoms with Gasteiger partial charge < -0.3 is 25.4 Å². The van der Waals surface area contributed by atoms with Gasteiger partial charge in [0.15, 0.2) is 0 Å². The van der Waals surface area contributed by atoms with Crippen LogP contribution >= 0.6 is 7.60 Å². The third-order valence-electron chi connectivity index (χ3n) is 1.81. The predicted octanol–water partition coefficient (Wildman–Crippen LogP) is -3.76. The topological polar surface area (TPSA) is 124 Å². The summed E-state index contributed by atoms with van der Waals surface area (Å²) >= 11 is 0. The number of carbonyl (C=O) groups is 1. The predicted molar refractivity (Wildman–Crippen MR) is 50.6 cm³/mol. The van der Waals surface area contributed by atoms with Crippen molar-refractivity contribution < 1.29 is 53.8 Å². The number of benzene rings is 1. The zero-order valence-electron chi connectivity index (χ0n) is 8.53. The van der Waals surface area contributed by atoms with Crippen molar-refractivity contribution in [2.45, 2.75) is 5.66 Å². The fourth-order valence-electron chi connectivity index (χ4n) is 1.15. The van der Waals surface area contributed by atoms with E-state index in [9.17, 15) is 14.5 Å². The van der Waals surface area contributed by atoms with Gasteiger partial charge in [-0.05, 0) is 17.7 Å². The van der Waals surface area contributed by atoms with Crippen molar-refractivity contribution in [2.24, 2.45) is 0 Å². The Labute approximate surface area is 114 Å². The van der Waals surface area contributed by atoms with Crippen LogP contribution in [0.1, 0.15) is 11.2 Å². The third-order valence-corrected chi connectivity index (χ3v) is 2.99. The first kappa shape index (κ1) is 15.6. The molecule has 0 radical (unpaired) electrons. The Balaban J connectivity index is 0.00000225. The smallest absolute Gasteiger partial charge is 0.549 e. The molecule has 1 aromatic rings. The number of aliphatic carboxylic acids is 1. The Bertz CT molecular complexity index is 415. The molecule has 4 N–H and O–H groups in total. The number of nitrogen functional groups attached to an aromatic ring is 1. The van der Waals surface area contributed by atoms with E-state index in [1.54, 1.807) is 0 Å². The van der Waals surface area contributed by atoms with E-state index < -0.39 is 19.2 Å². The largest absolute Gasteiger partial charge is 1.00 e. The molecule has 0 aliphatic heterocycles. The van der Waals surface area contributed by atoms with Crippen LogP contribution in [0.4, 0.5) is 5.69 Å².